The summed E-state index contributed by atoms with van der Waals surface area (Å²) in [6.45, 7) is 12.2. The van der Waals surface area contributed by atoms with Crippen LogP contribution in [0.3, 0.4) is 0 Å². The third-order valence-electron chi connectivity index (χ3n) is 8.06. The number of likely N-dealkylation sites (tertiary alicyclic amines) is 2. The Bertz CT molecular complexity index is 727. The first-order valence-electron chi connectivity index (χ1n) is 12.4. The van der Waals surface area contributed by atoms with Gasteiger partial charge in [0.2, 0.25) is 5.91 Å². The number of hydrogen-bond donors (Lipinski definition) is 2. The molecule has 8 heteroatoms. The highest BCUT2D eigenvalue weighted by atomic mass is 19.1. The van der Waals surface area contributed by atoms with E-state index < -0.39 is 11.6 Å². The number of nitrogens with one attached hydrogen (secondary N) is 2. The predicted octanol–water partition coefficient (Wildman–Crippen LogP) is 2.69. The summed E-state index contributed by atoms with van der Waals surface area (Å²) in [4.78, 5) is 30.5. The molecular weight excluding hydrogens is 411 g/mol. The summed E-state index contributed by atoms with van der Waals surface area (Å²) in [6, 6.07) is 0.158. The van der Waals surface area contributed by atoms with Crippen molar-refractivity contribution < 1.29 is 18.7 Å². The molecule has 3 aliphatic heterocycles. The first kappa shape index (κ1) is 23.7. The van der Waals surface area contributed by atoms with E-state index in [4.69, 9.17) is 4.74 Å². The first-order chi connectivity index (χ1) is 15.0. The van der Waals surface area contributed by atoms with Crippen molar-refractivity contribution in [3.05, 3.63) is 0 Å². The van der Waals surface area contributed by atoms with Crippen LogP contribution in [0.25, 0.3) is 0 Å². The van der Waals surface area contributed by atoms with Crippen molar-refractivity contribution in [1.29, 1.82) is 0 Å². The highest BCUT2D eigenvalue weighted by Gasteiger charge is 2.55. The monoisotopic (exact) mass is 452 g/mol. The number of carbonyl (C=O) groups is 2. The van der Waals surface area contributed by atoms with E-state index in [1.54, 1.807) is 0 Å². The van der Waals surface area contributed by atoms with Crippen LogP contribution in [-0.2, 0) is 9.53 Å². The summed E-state index contributed by atoms with van der Waals surface area (Å²) in [7, 11) is 0. The van der Waals surface area contributed by atoms with Crippen LogP contribution in [0.1, 0.15) is 66.7 Å². The SMILES string of the molecule is CC(C)[C@]1(C(=O)N2C[C@@H]3C[C@H]2CN3C(=O)NC(C)(C)C)CC[C@@H](NC2CCOCC2F)C1. The summed E-state index contributed by atoms with van der Waals surface area (Å²) < 4.78 is 19.5. The van der Waals surface area contributed by atoms with Gasteiger partial charge in [-0.3, -0.25) is 4.79 Å². The lowest BCUT2D eigenvalue weighted by molar-refractivity contribution is -0.147. The summed E-state index contributed by atoms with van der Waals surface area (Å²) in [5, 5.41) is 6.57. The number of hydrogen-bond acceptors (Lipinski definition) is 4. The van der Waals surface area contributed by atoms with Crippen LogP contribution in [0.2, 0.25) is 0 Å². The molecule has 4 fully saturated rings. The largest absolute Gasteiger partial charge is 0.378 e. The normalized spacial score (nSPS) is 37.4. The Labute approximate surface area is 191 Å². The second-order valence-electron chi connectivity index (χ2n) is 11.7. The Kier molecular flexibility index (Phi) is 6.49. The number of nitrogens with zero attached hydrogens (tertiary/aromatic N) is 2. The molecule has 1 saturated carbocycles. The second-order valence-corrected chi connectivity index (χ2v) is 11.7. The minimum absolute atomic E-state index is 0.0296. The van der Waals surface area contributed by atoms with Crippen LogP contribution in [-0.4, -0.2) is 83.9 Å². The van der Waals surface area contributed by atoms with E-state index in [2.05, 4.69) is 29.4 Å². The summed E-state index contributed by atoms with van der Waals surface area (Å²) >= 11 is 0. The second kappa shape index (κ2) is 8.75. The molecule has 2 N–H and O–H groups in total. The van der Waals surface area contributed by atoms with Crippen LogP contribution in [0, 0.1) is 11.3 Å². The number of carbonyl (C=O) groups excluding carboxylic acids is 2. The third kappa shape index (κ3) is 4.49. The molecule has 0 spiro atoms. The molecule has 0 radical (unpaired) electrons. The molecule has 0 aromatic rings. The van der Waals surface area contributed by atoms with Gasteiger partial charge in [0.25, 0.3) is 0 Å². The molecule has 6 atom stereocenters. The average molecular weight is 453 g/mol. The van der Waals surface area contributed by atoms with Crippen molar-refractivity contribution in [2.45, 2.75) is 103 Å². The quantitative estimate of drug-likeness (QED) is 0.688. The Balaban J connectivity index is 1.39. The highest BCUT2D eigenvalue weighted by molar-refractivity contribution is 5.85. The van der Waals surface area contributed by atoms with E-state index in [9.17, 15) is 14.0 Å². The van der Waals surface area contributed by atoms with E-state index in [1.165, 1.54) is 0 Å². The van der Waals surface area contributed by atoms with Gasteiger partial charge in [0.05, 0.1) is 24.1 Å². The zero-order valence-electron chi connectivity index (χ0n) is 20.3. The van der Waals surface area contributed by atoms with Gasteiger partial charge in [0.15, 0.2) is 0 Å². The molecule has 3 heterocycles. The van der Waals surface area contributed by atoms with Crippen molar-refractivity contribution in [1.82, 2.24) is 20.4 Å². The Morgan fingerprint density at radius 2 is 1.81 bits per heavy atom. The van der Waals surface area contributed by atoms with Gasteiger partial charge in [-0.05, 0) is 58.8 Å². The number of fused-ring (bicyclic) bond motifs is 2. The number of piperazine rings is 1. The number of amides is 3. The summed E-state index contributed by atoms with van der Waals surface area (Å²) in [5.41, 5.74) is -0.678. The number of alkyl halides is 1. The Morgan fingerprint density at radius 1 is 1.12 bits per heavy atom. The molecule has 4 aliphatic rings. The van der Waals surface area contributed by atoms with E-state index in [0.717, 1.165) is 25.7 Å². The van der Waals surface area contributed by atoms with Crippen molar-refractivity contribution in [3.63, 3.8) is 0 Å². The molecule has 3 saturated heterocycles. The number of rotatable bonds is 4. The minimum atomic E-state index is -0.979. The van der Waals surface area contributed by atoms with Gasteiger partial charge in [-0.1, -0.05) is 13.8 Å². The van der Waals surface area contributed by atoms with Gasteiger partial charge in [-0.2, -0.15) is 0 Å². The van der Waals surface area contributed by atoms with Crippen molar-refractivity contribution in [2.24, 2.45) is 11.3 Å². The van der Waals surface area contributed by atoms with E-state index in [-0.39, 0.29) is 54.2 Å². The lowest BCUT2D eigenvalue weighted by Gasteiger charge is -2.42. The van der Waals surface area contributed by atoms with Crippen molar-refractivity contribution in [2.75, 3.05) is 26.3 Å². The zero-order chi connectivity index (χ0) is 23.3. The fourth-order valence-corrected chi connectivity index (χ4v) is 6.22. The van der Waals surface area contributed by atoms with Crippen LogP contribution in [0.15, 0.2) is 0 Å². The average Bonchev–Trinajstić information content (AvgIpc) is 3.42. The van der Waals surface area contributed by atoms with Crippen LogP contribution >= 0.6 is 0 Å². The molecular formula is C24H41FN4O3. The first-order valence-corrected chi connectivity index (χ1v) is 12.4. The van der Waals surface area contributed by atoms with Gasteiger partial charge < -0.3 is 25.2 Å². The predicted molar refractivity (Wildman–Crippen MR) is 121 cm³/mol. The van der Waals surface area contributed by atoms with Crippen LogP contribution in [0.5, 0.6) is 0 Å². The number of urea groups is 1. The highest BCUT2D eigenvalue weighted by Crippen LogP contribution is 2.48. The maximum absolute atomic E-state index is 14.3. The van der Waals surface area contributed by atoms with Gasteiger partial charge >= 0.3 is 6.03 Å². The Hall–Kier alpha value is -1.41. The van der Waals surface area contributed by atoms with Gasteiger partial charge in [0.1, 0.15) is 6.17 Å². The third-order valence-corrected chi connectivity index (χ3v) is 8.06. The zero-order valence-corrected chi connectivity index (χ0v) is 20.3. The molecule has 182 valence electrons. The Morgan fingerprint density at radius 3 is 2.41 bits per heavy atom. The molecule has 4 rings (SSSR count). The smallest absolute Gasteiger partial charge is 0.318 e. The van der Waals surface area contributed by atoms with Gasteiger partial charge in [-0.15, -0.1) is 0 Å². The molecule has 3 amide bonds. The van der Waals surface area contributed by atoms with Gasteiger partial charge in [0, 0.05) is 37.3 Å². The fourth-order valence-electron chi connectivity index (χ4n) is 6.22. The molecule has 1 aliphatic carbocycles. The summed E-state index contributed by atoms with van der Waals surface area (Å²) in [6.07, 6.45) is 3.07. The van der Waals surface area contributed by atoms with Crippen molar-refractivity contribution in [3.8, 4) is 0 Å². The number of ether oxygens (including phenoxy) is 1. The summed E-state index contributed by atoms with van der Waals surface area (Å²) in [5.74, 6) is 0.459. The van der Waals surface area contributed by atoms with Gasteiger partial charge in [-0.25, -0.2) is 9.18 Å². The maximum atomic E-state index is 14.3. The topological polar surface area (TPSA) is 73.9 Å². The van der Waals surface area contributed by atoms with Crippen LogP contribution in [0.4, 0.5) is 9.18 Å². The molecule has 7 nitrogen and oxygen atoms in total. The van der Waals surface area contributed by atoms with Crippen molar-refractivity contribution >= 4 is 11.9 Å². The molecule has 0 aromatic carbocycles. The van der Waals surface area contributed by atoms with Crippen LogP contribution < -0.4 is 10.6 Å². The standard InChI is InChI=1S/C24H41FN4O3/c1-15(2)24(8-6-16(11-24)26-20-7-9-32-14-19(20)25)21(30)28-12-18-10-17(28)13-29(18)22(31)27-23(3,4)5/h15-20,26H,6-14H2,1-5H3,(H,27,31)/t16-,17+,18+,19?,20?,24+/m1/s1. The van der Waals surface area contributed by atoms with E-state index in [1.807, 2.05) is 25.7 Å². The van der Waals surface area contributed by atoms with E-state index >= 15 is 0 Å². The number of halogens is 1. The maximum Gasteiger partial charge on any atom is 0.318 e. The van der Waals surface area contributed by atoms with E-state index in [0.29, 0.717) is 26.1 Å². The minimum Gasteiger partial charge on any atom is -0.378 e. The lowest BCUT2D eigenvalue weighted by Crippen LogP contribution is -2.58. The molecule has 2 unspecified atom stereocenters. The molecule has 0 aromatic heterocycles. The molecule has 2 bridgehead atoms. The lowest BCUT2D eigenvalue weighted by atomic mass is 9.74. The fraction of sp³-hybridized carbons (Fsp3) is 0.917. The molecule has 32 heavy (non-hydrogen) atoms.